The van der Waals surface area contributed by atoms with E-state index in [0.29, 0.717) is 0 Å². The lowest BCUT2D eigenvalue weighted by molar-refractivity contribution is 0.170. The molecule has 0 aliphatic heterocycles. The smallest absolute Gasteiger partial charge is 0.342 e. The predicted octanol–water partition coefficient (Wildman–Crippen LogP) is 3.60. The van der Waals surface area contributed by atoms with Gasteiger partial charge in [0.15, 0.2) is 0 Å². The summed E-state index contributed by atoms with van der Waals surface area (Å²) in [6, 6.07) is 0. The maximum absolute atomic E-state index is 5.90. The monoisotopic (exact) mass is 308 g/mol. The van der Waals surface area contributed by atoms with Gasteiger partial charge in [-0.3, -0.25) is 0 Å². The molecular weight excluding hydrogens is 276 g/mol. The van der Waals surface area contributed by atoms with Gasteiger partial charge in [0.05, 0.1) is 4.66 Å². The van der Waals surface area contributed by atoms with E-state index in [1.165, 1.54) is 0 Å². The predicted molar refractivity (Wildman–Crippen MR) is 83.8 cm³/mol. The van der Waals surface area contributed by atoms with Gasteiger partial charge in [0.25, 0.3) is 0 Å². The van der Waals surface area contributed by atoms with Crippen molar-refractivity contribution >= 4 is 17.1 Å². The van der Waals surface area contributed by atoms with Crippen LogP contribution >= 0.6 is 0 Å². The number of hydrogen-bond donors (Lipinski definition) is 0. The molecule has 0 saturated heterocycles. The minimum atomic E-state index is -2.38. The summed E-state index contributed by atoms with van der Waals surface area (Å²) in [5, 5.41) is 0. The van der Waals surface area contributed by atoms with E-state index < -0.39 is 17.1 Å². The van der Waals surface area contributed by atoms with Crippen molar-refractivity contribution < 1.29 is 17.7 Å². The summed E-state index contributed by atoms with van der Waals surface area (Å²) < 4.78 is 23.5. The quantitative estimate of drug-likeness (QED) is 0.578. The SMILES string of the molecule is CCCC(CCC)([Si](C)(OC)OC)[Si](C)(OC)OC. The van der Waals surface area contributed by atoms with Gasteiger partial charge in [-0.25, -0.2) is 0 Å². The van der Waals surface area contributed by atoms with Crippen LogP contribution in [-0.2, 0) is 17.7 Å². The van der Waals surface area contributed by atoms with E-state index in [-0.39, 0.29) is 4.66 Å². The number of rotatable bonds is 10. The molecule has 0 atom stereocenters. The van der Waals surface area contributed by atoms with Crippen molar-refractivity contribution in [3.63, 3.8) is 0 Å². The molecule has 0 aromatic heterocycles. The van der Waals surface area contributed by atoms with E-state index in [9.17, 15) is 0 Å². The molecule has 0 rings (SSSR count). The summed E-state index contributed by atoms with van der Waals surface area (Å²) in [6.45, 7) is 8.68. The molecule has 0 aromatic rings. The first-order valence-corrected chi connectivity index (χ1v) is 11.7. The van der Waals surface area contributed by atoms with Crippen LogP contribution < -0.4 is 0 Å². The van der Waals surface area contributed by atoms with Crippen LogP contribution in [0.4, 0.5) is 0 Å². The Balaban J connectivity index is 5.92. The highest BCUT2D eigenvalue weighted by atomic mass is 28.4. The zero-order valence-corrected chi connectivity index (χ0v) is 16.0. The van der Waals surface area contributed by atoms with Gasteiger partial charge in [-0.15, -0.1) is 0 Å². The van der Waals surface area contributed by atoms with E-state index in [1.54, 1.807) is 28.4 Å². The first-order valence-electron chi connectivity index (χ1n) is 7.07. The van der Waals surface area contributed by atoms with E-state index in [4.69, 9.17) is 17.7 Å². The highest BCUT2D eigenvalue weighted by Crippen LogP contribution is 2.54. The third kappa shape index (κ3) is 3.30. The summed E-state index contributed by atoms with van der Waals surface area (Å²) in [6.07, 6.45) is 4.19. The largest absolute Gasteiger partial charge is 0.397 e. The third-order valence-corrected chi connectivity index (χ3v) is 15.0. The molecule has 0 saturated carbocycles. The Morgan fingerprint density at radius 3 is 1.11 bits per heavy atom. The van der Waals surface area contributed by atoms with Crippen LogP contribution in [0, 0.1) is 0 Å². The van der Waals surface area contributed by atoms with Gasteiger partial charge >= 0.3 is 17.1 Å². The highest BCUT2D eigenvalue weighted by molar-refractivity contribution is 6.89. The second-order valence-electron chi connectivity index (χ2n) is 5.29. The molecular formula is C13H32O4Si2. The number of hydrogen-bond acceptors (Lipinski definition) is 4. The standard InChI is InChI=1S/C13H32O4Si2/c1-9-11-13(12-10-2,18(7,14-3)15-4)19(8,16-5)17-6/h9-12H2,1-8H3. The van der Waals surface area contributed by atoms with Crippen LogP contribution in [0.25, 0.3) is 0 Å². The average Bonchev–Trinajstić information content (AvgIpc) is 2.44. The van der Waals surface area contributed by atoms with Gasteiger partial charge in [-0.2, -0.15) is 0 Å². The summed E-state index contributed by atoms with van der Waals surface area (Å²) in [7, 11) is 2.27. The van der Waals surface area contributed by atoms with Crippen molar-refractivity contribution in [3.8, 4) is 0 Å². The lowest BCUT2D eigenvalue weighted by Crippen LogP contribution is -2.64. The second kappa shape index (κ2) is 7.90. The zero-order valence-electron chi connectivity index (χ0n) is 14.0. The Bertz CT molecular complexity index is 227. The fourth-order valence-corrected chi connectivity index (χ4v) is 12.5. The molecule has 0 unspecified atom stereocenters. The molecule has 0 fully saturated rings. The van der Waals surface area contributed by atoms with Gasteiger partial charge in [0, 0.05) is 28.4 Å². The van der Waals surface area contributed by atoms with Gasteiger partial charge in [0.2, 0.25) is 0 Å². The Hall–Kier alpha value is 0.274. The molecule has 4 nitrogen and oxygen atoms in total. The Morgan fingerprint density at radius 2 is 0.947 bits per heavy atom. The van der Waals surface area contributed by atoms with Gasteiger partial charge in [-0.1, -0.05) is 26.7 Å². The van der Waals surface area contributed by atoms with Crippen molar-refractivity contribution in [2.45, 2.75) is 57.3 Å². The van der Waals surface area contributed by atoms with Gasteiger partial charge in [0.1, 0.15) is 0 Å². The summed E-state index contributed by atoms with van der Waals surface area (Å²) in [5.74, 6) is 0. The molecule has 0 radical (unpaired) electrons. The molecule has 116 valence electrons. The molecule has 0 aliphatic carbocycles. The van der Waals surface area contributed by atoms with Crippen LogP contribution in [0.3, 0.4) is 0 Å². The van der Waals surface area contributed by atoms with Crippen molar-refractivity contribution in [3.05, 3.63) is 0 Å². The van der Waals surface area contributed by atoms with Crippen LogP contribution in [0.2, 0.25) is 17.8 Å². The summed E-state index contributed by atoms with van der Waals surface area (Å²) in [4.78, 5) is 0. The molecule has 0 N–H and O–H groups in total. The molecule has 0 spiro atoms. The topological polar surface area (TPSA) is 36.9 Å². The van der Waals surface area contributed by atoms with Crippen LogP contribution in [-0.4, -0.2) is 45.6 Å². The van der Waals surface area contributed by atoms with E-state index in [2.05, 4.69) is 26.9 Å². The Kier molecular flexibility index (Phi) is 8.01. The molecule has 0 heterocycles. The molecule has 0 amide bonds. The first-order chi connectivity index (χ1) is 8.86. The van der Waals surface area contributed by atoms with E-state index in [0.717, 1.165) is 25.7 Å². The van der Waals surface area contributed by atoms with Crippen molar-refractivity contribution in [2.75, 3.05) is 28.4 Å². The Morgan fingerprint density at radius 1 is 0.684 bits per heavy atom. The molecule has 6 heteroatoms. The normalized spacial score (nSPS) is 13.9. The molecule has 0 aliphatic rings. The first kappa shape index (κ1) is 19.3. The fourth-order valence-electron chi connectivity index (χ4n) is 3.25. The van der Waals surface area contributed by atoms with Crippen LogP contribution in [0.5, 0.6) is 0 Å². The summed E-state index contributed by atoms with van der Waals surface area (Å²) in [5.41, 5.74) is 0. The molecule has 0 aromatic carbocycles. The van der Waals surface area contributed by atoms with Gasteiger partial charge < -0.3 is 17.7 Å². The fraction of sp³-hybridized carbons (Fsp3) is 1.00. The van der Waals surface area contributed by atoms with Crippen LogP contribution in [0.1, 0.15) is 39.5 Å². The van der Waals surface area contributed by atoms with Crippen molar-refractivity contribution in [2.24, 2.45) is 0 Å². The minimum absolute atomic E-state index is 0.101. The zero-order chi connectivity index (χ0) is 15.2. The second-order valence-corrected chi connectivity index (χ2v) is 13.1. The van der Waals surface area contributed by atoms with Gasteiger partial charge in [-0.05, 0) is 25.9 Å². The molecule has 19 heavy (non-hydrogen) atoms. The average molecular weight is 309 g/mol. The maximum atomic E-state index is 5.90. The van der Waals surface area contributed by atoms with E-state index in [1.807, 2.05) is 0 Å². The van der Waals surface area contributed by atoms with E-state index >= 15 is 0 Å². The molecule has 0 bridgehead atoms. The lowest BCUT2D eigenvalue weighted by Gasteiger charge is -2.51. The Labute approximate surface area is 121 Å². The maximum Gasteiger partial charge on any atom is 0.342 e. The lowest BCUT2D eigenvalue weighted by atomic mass is 10.1. The highest BCUT2D eigenvalue weighted by Gasteiger charge is 2.65. The minimum Gasteiger partial charge on any atom is -0.397 e. The van der Waals surface area contributed by atoms with Crippen molar-refractivity contribution in [1.82, 2.24) is 0 Å². The van der Waals surface area contributed by atoms with Crippen LogP contribution in [0.15, 0.2) is 0 Å². The van der Waals surface area contributed by atoms with Crippen molar-refractivity contribution in [1.29, 1.82) is 0 Å². The summed E-state index contributed by atoms with van der Waals surface area (Å²) >= 11 is 0. The third-order valence-electron chi connectivity index (χ3n) is 4.65.